The third-order valence-corrected chi connectivity index (χ3v) is 9.84. The summed E-state index contributed by atoms with van der Waals surface area (Å²) in [6.45, 7) is 14.3. The highest BCUT2D eigenvalue weighted by molar-refractivity contribution is 5.39. The number of allylic oxidation sites excluding steroid dienone is 7. The van der Waals surface area contributed by atoms with Crippen molar-refractivity contribution in [2.45, 2.75) is 92.6 Å². The number of rotatable bonds is 4. The summed E-state index contributed by atoms with van der Waals surface area (Å²) < 4.78 is 0. The third kappa shape index (κ3) is 3.50. The van der Waals surface area contributed by atoms with E-state index in [1.54, 1.807) is 5.57 Å². The topological polar surface area (TPSA) is 20.2 Å². The molecule has 0 radical (unpaired) electrons. The minimum atomic E-state index is -0.121. The number of hydrogen-bond donors (Lipinski definition) is 1. The van der Waals surface area contributed by atoms with Crippen molar-refractivity contribution in [3.63, 3.8) is 0 Å². The van der Waals surface area contributed by atoms with Gasteiger partial charge in [-0.1, -0.05) is 81.7 Å². The molecule has 0 aromatic rings. The molecule has 0 aromatic heterocycles. The monoisotopic (exact) mass is 408 g/mol. The van der Waals surface area contributed by atoms with Gasteiger partial charge >= 0.3 is 0 Å². The van der Waals surface area contributed by atoms with Gasteiger partial charge in [0.05, 0.1) is 6.10 Å². The molecular weight excluding hydrogens is 364 g/mol. The van der Waals surface area contributed by atoms with Crippen LogP contribution in [0.5, 0.6) is 0 Å². The van der Waals surface area contributed by atoms with Gasteiger partial charge in [0.15, 0.2) is 0 Å². The fourth-order valence-electron chi connectivity index (χ4n) is 7.91. The zero-order valence-corrected chi connectivity index (χ0v) is 20.2. The quantitative estimate of drug-likeness (QED) is 0.474. The van der Waals surface area contributed by atoms with Gasteiger partial charge in [0.1, 0.15) is 0 Å². The summed E-state index contributed by atoms with van der Waals surface area (Å²) in [7, 11) is 0. The molecular formula is C29H44O. The zero-order valence-electron chi connectivity index (χ0n) is 20.2. The SMILES string of the molecule is C/C=C(/C=C/[C@@H](C)[C@H]1CC[C@H]2C3=CC=C4CC(O)CC[C@]4(C)[C@H]3CC[C@]12C)C(C)C. The summed E-state index contributed by atoms with van der Waals surface area (Å²) >= 11 is 0. The maximum Gasteiger partial charge on any atom is 0.0578 e. The summed E-state index contributed by atoms with van der Waals surface area (Å²) in [4.78, 5) is 0. The Labute approximate surface area is 185 Å². The molecule has 0 aliphatic heterocycles. The molecule has 0 saturated heterocycles. The molecule has 0 heterocycles. The predicted molar refractivity (Wildman–Crippen MR) is 128 cm³/mol. The first-order valence-corrected chi connectivity index (χ1v) is 12.6. The van der Waals surface area contributed by atoms with Crippen molar-refractivity contribution in [3.05, 3.63) is 47.1 Å². The Balaban J connectivity index is 1.57. The fourth-order valence-corrected chi connectivity index (χ4v) is 7.91. The standard InChI is InChI=1S/C29H44O/c1-7-21(19(2)3)9-8-20(4)25-12-13-26-24-11-10-22-18-23(30)14-16-28(22,5)27(24)15-17-29(25,26)6/h7-11,19-20,23,25-27,30H,12-18H2,1-6H3/b9-8+,21-7-/t20-,23?,25-,26+,27+,28+,29-/m1/s1. The second kappa shape index (κ2) is 8.12. The van der Waals surface area contributed by atoms with Gasteiger partial charge in [0.2, 0.25) is 0 Å². The molecule has 4 aliphatic carbocycles. The molecule has 3 saturated carbocycles. The van der Waals surface area contributed by atoms with E-state index in [4.69, 9.17) is 0 Å². The molecule has 0 amide bonds. The van der Waals surface area contributed by atoms with Crippen molar-refractivity contribution in [2.24, 2.45) is 40.4 Å². The lowest BCUT2D eigenvalue weighted by atomic mass is 9.50. The normalized spacial score (nSPS) is 42.5. The molecule has 30 heavy (non-hydrogen) atoms. The third-order valence-electron chi connectivity index (χ3n) is 9.84. The van der Waals surface area contributed by atoms with Gasteiger partial charge in [0, 0.05) is 0 Å². The van der Waals surface area contributed by atoms with Gasteiger partial charge in [-0.3, -0.25) is 0 Å². The summed E-state index contributed by atoms with van der Waals surface area (Å²) in [6, 6.07) is 0. The van der Waals surface area contributed by atoms with Crippen LogP contribution in [0.3, 0.4) is 0 Å². The van der Waals surface area contributed by atoms with Crippen molar-refractivity contribution >= 4 is 0 Å². The molecule has 4 aliphatic rings. The molecule has 0 aromatic carbocycles. The van der Waals surface area contributed by atoms with E-state index in [-0.39, 0.29) is 6.10 Å². The predicted octanol–water partition coefficient (Wildman–Crippen LogP) is 7.64. The van der Waals surface area contributed by atoms with Crippen molar-refractivity contribution in [2.75, 3.05) is 0 Å². The Morgan fingerprint density at radius 2 is 1.80 bits per heavy atom. The van der Waals surface area contributed by atoms with E-state index in [1.165, 1.54) is 36.8 Å². The first-order chi connectivity index (χ1) is 14.2. The number of fused-ring (bicyclic) bond motifs is 5. The molecule has 4 rings (SSSR count). The van der Waals surface area contributed by atoms with Crippen LogP contribution in [-0.2, 0) is 0 Å². The van der Waals surface area contributed by atoms with Crippen LogP contribution >= 0.6 is 0 Å². The Bertz CT molecular complexity index is 780. The largest absolute Gasteiger partial charge is 0.393 e. The summed E-state index contributed by atoms with van der Waals surface area (Å²) in [5.41, 5.74) is 5.49. The second-order valence-electron chi connectivity index (χ2n) is 11.7. The number of aliphatic hydroxyl groups is 1. The number of hydrogen-bond acceptors (Lipinski definition) is 1. The first-order valence-electron chi connectivity index (χ1n) is 12.6. The molecule has 1 heteroatoms. The molecule has 1 nitrogen and oxygen atoms in total. The highest BCUT2D eigenvalue weighted by Gasteiger charge is 2.56. The van der Waals surface area contributed by atoms with Gasteiger partial charge in [0.25, 0.3) is 0 Å². The van der Waals surface area contributed by atoms with E-state index in [2.05, 4.69) is 71.9 Å². The number of aliphatic hydroxyl groups excluding tert-OH is 1. The van der Waals surface area contributed by atoms with Crippen molar-refractivity contribution in [3.8, 4) is 0 Å². The van der Waals surface area contributed by atoms with Crippen LogP contribution < -0.4 is 0 Å². The van der Waals surface area contributed by atoms with Gasteiger partial charge < -0.3 is 5.11 Å². The smallest absolute Gasteiger partial charge is 0.0578 e. The lowest BCUT2D eigenvalue weighted by Crippen LogP contribution is -2.46. The molecule has 3 fully saturated rings. The summed E-state index contributed by atoms with van der Waals surface area (Å²) in [5.74, 6) is 3.50. The average Bonchev–Trinajstić information content (AvgIpc) is 3.06. The van der Waals surface area contributed by atoms with Crippen LogP contribution in [0, 0.1) is 40.4 Å². The average molecular weight is 409 g/mol. The van der Waals surface area contributed by atoms with E-state index >= 15 is 0 Å². The van der Waals surface area contributed by atoms with E-state index in [9.17, 15) is 5.11 Å². The Morgan fingerprint density at radius 3 is 2.50 bits per heavy atom. The van der Waals surface area contributed by atoms with Gasteiger partial charge in [-0.2, -0.15) is 0 Å². The Kier molecular flexibility index (Phi) is 5.99. The van der Waals surface area contributed by atoms with Crippen LogP contribution in [0.1, 0.15) is 86.5 Å². The van der Waals surface area contributed by atoms with E-state index < -0.39 is 0 Å². The molecule has 166 valence electrons. The minimum Gasteiger partial charge on any atom is -0.393 e. The lowest BCUT2D eigenvalue weighted by Gasteiger charge is -2.55. The van der Waals surface area contributed by atoms with Gasteiger partial charge in [-0.25, -0.2) is 0 Å². The molecule has 1 N–H and O–H groups in total. The summed E-state index contributed by atoms with van der Waals surface area (Å²) in [6.07, 6.45) is 20.5. The van der Waals surface area contributed by atoms with Crippen molar-refractivity contribution in [1.82, 2.24) is 0 Å². The molecule has 7 atom stereocenters. The molecule has 0 spiro atoms. The van der Waals surface area contributed by atoms with Crippen molar-refractivity contribution < 1.29 is 5.11 Å². The van der Waals surface area contributed by atoms with Crippen LogP contribution in [0.2, 0.25) is 0 Å². The minimum absolute atomic E-state index is 0.121. The fraction of sp³-hybridized carbons (Fsp3) is 0.724. The molecule has 1 unspecified atom stereocenters. The maximum atomic E-state index is 10.2. The van der Waals surface area contributed by atoms with E-state index in [0.29, 0.717) is 28.6 Å². The van der Waals surface area contributed by atoms with Crippen LogP contribution in [-0.4, -0.2) is 11.2 Å². The highest BCUT2D eigenvalue weighted by atomic mass is 16.3. The van der Waals surface area contributed by atoms with Gasteiger partial charge in [-0.05, 0) is 92.3 Å². The van der Waals surface area contributed by atoms with E-state index in [1.807, 2.05) is 0 Å². The van der Waals surface area contributed by atoms with Crippen LogP contribution in [0.25, 0.3) is 0 Å². The van der Waals surface area contributed by atoms with Crippen LogP contribution in [0.4, 0.5) is 0 Å². The Morgan fingerprint density at radius 1 is 1.03 bits per heavy atom. The maximum absolute atomic E-state index is 10.2. The van der Waals surface area contributed by atoms with Gasteiger partial charge in [-0.15, -0.1) is 0 Å². The zero-order chi connectivity index (χ0) is 21.7. The Hall–Kier alpha value is -1.08. The van der Waals surface area contributed by atoms with E-state index in [0.717, 1.165) is 31.1 Å². The lowest BCUT2D eigenvalue weighted by molar-refractivity contribution is 0.0383. The highest BCUT2D eigenvalue weighted by Crippen LogP contribution is 2.65. The first kappa shape index (κ1) is 22.1. The van der Waals surface area contributed by atoms with Crippen LogP contribution in [0.15, 0.2) is 47.1 Å². The summed E-state index contributed by atoms with van der Waals surface area (Å²) in [5, 5.41) is 10.2. The van der Waals surface area contributed by atoms with Crippen molar-refractivity contribution in [1.29, 1.82) is 0 Å². The molecule has 0 bridgehead atoms. The second-order valence-corrected chi connectivity index (χ2v) is 11.7.